The van der Waals surface area contributed by atoms with Crippen molar-refractivity contribution in [2.24, 2.45) is 0 Å². The number of furan rings is 1. The highest BCUT2D eigenvalue weighted by Crippen LogP contribution is 2.23. The van der Waals surface area contributed by atoms with Crippen molar-refractivity contribution in [1.29, 1.82) is 0 Å². The molecule has 2 heterocycles. The van der Waals surface area contributed by atoms with E-state index in [1.54, 1.807) is 22.9 Å². The minimum atomic E-state index is -4.55. The number of hydrogen-bond donors (Lipinski definition) is 0. The molecule has 0 aliphatic carbocycles. The molecule has 0 N–H and O–H groups in total. The van der Waals surface area contributed by atoms with Gasteiger partial charge < -0.3 is 14.1 Å². The first-order valence-electron chi connectivity index (χ1n) is 10.2. The highest BCUT2D eigenvalue weighted by Gasteiger charge is 2.34. The second-order valence-electron chi connectivity index (χ2n) is 7.54. The molecule has 176 valence electrons. The summed E-state index contributed by atoms with van der Waals surface area (Å²) in [6.07, 6.45) is -2.51. The molecule has 1 amide bonds. The Balaban J connectivity index is 1.81. The van der Waals surface area contributed by atoms with E-state index >= 15 is 0 Å². The van der Waals surface area contributed by atoms with E-state index in [-0.39, 0.29) is 30.3 Å². The lowest BCUT2D eigenvalue weighted by Crippen LogP contribution is -2.38. The number of carbonyl (C=O) groups is 2. The predicted octanol–water partition coefficient (Wildman–Crippen LogP) is 4.39. The lowest BCUT2D eigenvalue weighted by Gasteiger charge is -2.23. The molecule has 0 unspecified atom stereocenters. The number of hydrogen-bond acceptors (Lipinski definition) is 5. The Morgan fingerprint density at radius 1 is 1.15 bits per heavy atom. The van der Waals surface area contributed by atoms with E-state index in [1.165, 1.54) is 31.6 Å². The van der Waals surface area contributed by atoms with E-state index in [2.05, 4.69) is 9.84 Å². The average molecular weight is 463 g/mol. The van der Waals surface area contributed by atoms with Crippen molar-refractivity contribution < 1.29 is 31.9 Å². The molecule has 0 saturated carbocycles. The van der Waals surface area contributed by atoms with Gasteiger partial charge >= 0.3 is 12.1 Å². The highest BCUT2D eigenvalue weighted by molar-refractivity contribution is 5.94. The smallest absolute Gasteiger partial charge is 0.406 e. The molecule has 7 nitrogen and oxygen atoms in total. The maximum atomic E-state index is 13.1. The molecule has 0 radical (unpaired) electrons. The van der Waals surface area contributed by atoms with Gasteiger partial charge in [-0.1, -0.05) is 0 Å². The molecule has 2 aromatic heterocycles. The number of aromatic nitrogens is 2. The van der Waals surface area contributed by atoms with Crippen LogP contribution in [0.15, 0.2) is 47.1 Å². The SMILES string of the molecule is COC(=O)CCc1c(C)nn(-c2ccc(C(=O)N(Cc3ccco3)CC(F)(F)F)cc2)c1C. The van der Waals surface area contributed by atoms with E-state index in [0.717, 1.165) is 17.0 Å². The number of rotatable bonds is 8. The molecular weight excluding hydrogens is 439 g/mol. The van der Waals surface area contributed by atoms with Crippen molar-refractivity contribution in [2.75, 3.05) is 13.7 Å². The molecule has 0 aliphatic heterocycles. The Labute approximate surface area is 188 Å². The van der Waals surface area contributed by atoms with E-state index < -0.39 is 18.6 Å². The average Bonchev–Trinajstić information content (AvgIpc) is 3.38. The monoisotopic (exact) mass is 463 g/mol. The molecule has 0 saturated heterocycles. The number of benzene rings is 1. The largest absolute Gasteiger partial charge is 0.469 e. The van der Waals surface area contributed by atoms with Crippen LogP contribution in [-0.4, -0.2) is 46.4 Å². The normalized spacial score (nSPS) is 11.5. The lowest BCUT2D eigenvalue weighted by atomic mass is 10.1. The van der Waals surface area contributed by atoms with Gasteiger partial charge in [0.15, 0.2) is 0 Å². The number of ether oxygens (including phenoxy) is 1. The maximum absolute atomic E-state index is 13.1. The second kappa shape index (κ2) is 9.93. The van der Waals surface area contributed by atoms with Crippen molar-refractivity contribution in [3.05, 3.63) is 70.9 Å². The molecule has 0 atom stereocenters. The van der Waals surface area contributed by atoms with Gasteiger partial charge in [0, 0.05) is 17.7 Å². The van der Waals surface area contributed by atoms with Crippen molar-refractivity contribution in [3.63, 3.8) is 0 Å². The number of alkyl halides is 3. The van der Waals surface area contributed by atoms with Crippen LogP contribution in [0.1, 0.15) is 39.5 Å². The van der Waals surface area contributed by atoms with Crippen LogP contribution >= 0.6 is 0 Å². The molecule has 10 heteroatoms. The minimum Gasteiger partial charge on any atom is -0.469 e. The van der Waals surface area contributed by atoms with Gasteiger partial charge in [-0.3, -0.25) is 9.59 Å². The molecule has 0 fully saturated rings. The standard InChI is InChI=1S/C23H24F3N3O4/c1-15-20(10-11-21(30)32-3)16(2)29(27-15)18-8-6-17(7-9-18)22(31)28(14-23(24,25)26)13-19-5-4-12-33-19/h4-9,12H,10-11,13-14H2,1-3H3. The van der Waals surface area contributed by atoms with Crippen LogP contribution in [0.3, 0.4) is 0 Å². The fraction of sp³-hybridized carbons (Fsp3) is 0.348. The number of halogens is 3. The number of methoxy groups -OCH3 is 1. The second-order valence-corrected chi connectivity index (χ2v) is 7.54. The lowest BCUT2D eigenvalue weighted by molar-refractivity contribution is -0.142. The van der Waals surface area contributed by atoms with Gasteiger partial charge in [0.2, 0.25) is 0 Å². The third-order valence-corrected chi connectivity index (χ3v) is 5.19. The number of carbonyl (C=O) groups excluding carboxylic acids is 2. The zero-order chi connectivity index (χ0) is 24.2. The molecule has 3 rings (SSSR count). The van der Waals surface area contributed by atoms with Crippen molar-refractivity contribution in [3.8, 4) is 5.69 Å². The summed E-state index contributed by atoms with van der Waals surface area (Å²) < 4.78 is 50.6. The van der Waals surface area contributed by atoms with Crippen LogP contribution < -0.4 is 0 Å². The molecule has 1 aromatic carbocycles. The highest BCUT2D eigenvalue weighted by atomic mass is 19.4. The van der Waals surface area contributed by atoms with E-state index in [0.29, 0.717) is 17.0 Å². The van der Waals surface area contributed by atoms with Crippen LogP contribution in [0, 0.1) is 13.8 Å². The zero-order valence-corrected chi connectivity index (χ0v) is 18.5. The van der Waals surface area contributed by atoms with Gasteiger partial charge in [-0.15, -0.1) is 0 Å². The van der Waals surface area contributed by atoms with Crippen LogP contribution in [0.25, 0.3) is 5.69 Å². The number of nitrogens with zero attached hydrogens (tertiary/aromatic N) is 3. The van der Waals surface area contributed by atoms with E-state index in [9.17, 15) is 22.8 Å². The Morgan fingerprint density at radius 2 is 1.85 bits per heavy atom. The topological polar surface area (TPSA) is 77.6 Å². The van der Waals surface area contributed by atoms with Crippen LogP contribution in [0.2, 0.25) is 0 Å². The first-order chi connectivity index (χ1) is 15.6. The van der Waals surface area contributed by atoms with Crippen molar-refractivity contribution in [2.45, 2.75) is 39.4 Å². The van der Waals surface area contributed by atoms with Crippen molar-refractivity contribution in [1.82, 2.24) is 14.7 Å². The summed E-state index contributed by atoms with van der Waals surface area (Å²) in [6.45, 7) is 2.00. The summed E-state index contributed by atoms with van der Waals surface area (Å²) in [5, 5.41) is 4.50. The Kier molecular flexibility index (Phi) is 7.25. The van der Waals surface area contributed by atoms with Gasteiger partial charge in [-0.25, -0.2) is 4.68 Å². The van der Waals surface area contributed by atoms with Gasteiger partial charge in [-0.2, -0.15) is 18.3 Å². The van der Waals surface area contributed by atoms with Crippen LogP contribution in [0.5, 0.6) is 0 Å². The fourth-order valence-electron chi connectivity index (χ4n) is 3.55. The van der Waals surface area contributed by atoms with Gasteiger partial charge in [0.1, 0.15) is 12.3 Å². The molecule has 33 heavy (non-hydrogen) atoms. The third kappa shape index (κ3) is 6.03. The van der Waals surface area contributed by atoms with Gasteiger partial charge in [0.25, 0.3) is 5.91 Å². The molecule has 3 aromatic rings. The zero-order valence-electron chi connectivity index (χ0n) is 18.5. The van der Waals surface area contributed by atoms with Crippen LogP contribution in [0.4, 0.5) is 13.2 Å². The summed E-state index contributed by atoms with van der Waals surface area (Å²) in [5.41, 5.74) is 3.25. The quantitative estimate of drug-likeness (QED) is 0.463. The van der Waals surface area contributed by atoms with E-state index in [4.69, 9.17) is 4.42 Å². The predicted molar refractivity (Wildman–Crippen MR) is 113 cm³/mol. The van der Waals surface area contributed by atoms with E-state index in [1.807, 2.05) is 13.8 Å². The molecule has 0 spiro atoms. The first kappa shape index (κ1) is 24.1. The summed E-state index contributed by atoms with van der Waals surface area (Å²) in [4.78, 5) is 25.0. The number of aryl methyl sites for hydroxylation is 1. The van der Waals surface area contributed by atoms with Gasteiger partial charge in [-0.05, 0) is 62.2 Å². The van der Waals surface area contributed by atoms with Crippen molar-refractivity contribution >= 4 is 11.9 Å². The Bertz CT molecular complexity index is 1100. The first-order valence-corrected chi connectivity index (χ1v) is 10.2. The Morgan fingerprint density at radius 3 is 2.42 bits per heavy atom. The van der Waals surface area contributed by atoms with Gasteiger partial charge in [0.05, 0.1) is 31.3 Å². The molecule has 0 bridgehead atoms. The van der Waals surface area contributed by atoms with Crippen LogP contribution in [-0.2, 0) is 22.5 Å². The fourth-order valence-corrected chi connectivity index (χ4v) is 3.55. The Hall–Kier alpha value is -3.56. The number of amides is 1. The summed E-state index contributed by atoms with van der Waals surface area (Å²) in [7, 11) is 1.33. The summed E-state index contributed by atoms with van der Waals surface area (Å²) in [6, 6.07) is 9.24. The number of esters is 1. The maximum Gasteiger partial charge on any atom is 0.406 e. The summed E-state index contributed by atoms with van der Waals surface area (Å²) in [5.74, 6) is -0.823. The molecular formula is C23H24F3N3O4. The molecule has 0 aliphatic rings. The summed E-state index contributed by atoms with van der Waals surface area (Å²) >= 11 is 0. The third-order valence-electron chi connectivity index (χ3n) is 5.19. The minimum absolute atomic E-state index is 0.113.